The Hall–Kier alpha value is -3.21. The van der Waals surface area contributed by atoms with Crippen molar-refractivity contribution in [1.82, 2.24) is 9.88 Å². The van der Waals surface area contributed by atoms with E-state index >= 15 is 0 Å². The van der Waals surface area contributed by atoms with Crippen molar-refractivity contribution >= 4 is 5.91 Å². The maximum atomic E-state index is 12.8. The standard InChI is InChI=1S/C27H32N3O2/c1-20(26-6-4-14-30(32)19-26)25-12-9-22(16-25)15-21-7-10-24(11-8-21)27(31)29(2)18-23-5-3-13-28-17-23/h3-8,10-11,13-14,17,19-20,22,25,32H,9,12,15-16,18H2,1-2H3/q+1/t20-,22?,25-/m0/s1. The lowest BCUT2D eigenvalue weighted by Crippen LogP contribution is -2.29. The number of carbonyl (C=O) groups is 1. The third kappa shape index (κ3) is 5.34. The van der Waals surface area contributed by atoms with Crippen LogP contribution in [-0.2, 0) is 13.0 Å². The summed E-state index contributed by atoms with van der Waals surface area (Å²) in [6.07, 6.45) is 11.7. The molecule has 0 saturated heterocycles. The van der Waals surface area contributed by atoms with Crippen LogP contribution >= 0.6 is 0 Å². The molecule has 0 bridgehead atoms. The van der Waals surface area contributed by atoms with Crippen molar-refractivity contribution in [2.24, 2.45) is 11.8 Å². The van der Waals surface area contributed by atoms with Gasteiger partial charge in [-0.1, -0.05) is 25.1 Å². The molecule has 32 heavy (non-hydrogen) atoms. The number of hydrogen-bond donors (Lipinski definition) is 1. The Bertz CT molecular complexity index is 1040. The maximum Gasteiger partial charge on any atom is 0.253 e. The number of pyridine rings is 2. The van der Waals surface area contributed by atoms with E-state index < -0.39 is 0 Å². The fraction of sp³-hybridized carbons (Fsp3) is 0.370. The Labute approximate surface area is 190 Å². The fourth-order valence-corrected chi connectivity index (χ4v) is 4.95. The van der Waals surface area contributed by atoms with Crippen molar-refractivity contribution in [2.45, 2.75) is 45.1 Å². The van der Waals surface area contributed by atoms with Crippen LogP contribution in [0.15, 0.2) is 73.3 Å². The molecule has 0 radical (unpaired) electrons. The third-order valence-electron chi connectivity index (χ3n) is 6.84. The molecule has 2 aromatic heterocycles. The first-order chi connectivity index (χ1) is 15.5. The molecule has 3 aromatic rings. The molecule has 5 nitrogen and oxygen atoms in total. The largest absolute Gasteiger partial charge is 0.337 e. The highest BCUT2D eigenvalue weighted by atomic mass is 16.5. The second-order valence-corrected chi connectivity index (χ2v) is 9.17. The van der Waals surface area contributed by atoms with E-state index in [0.29, 0.717) is 24.3 Å². The predicted octanol–water partition coefficient (Wildman–Crippen LogP) is 4.64. The minimum atomic E-state index is 0.0270. The molecule has 1 aromatic carbocycles. The van der Waals surface area contributed by atoms with Crippen LogP contribution in [0, 0.1) is 11.8 Å². The lowest BCUT2D eigenvalue weighted by atomic mass is 9.86. The van der Waals surface area contributed by atoms with Crippen molar-refractivity contribution in [3.63, 3.8) is 0 Å². The highest BCUT2D eigenvalue weighted by molar-refractivity contribution is 5.94. The summed E-state index contributed by atoms with van der Waals surface area (Å²) >= 11 is 0. The molecule has 4 rings (SSSR count). The summed E-state index contributed by atoms with van der Waals surface area (Å²) in [5.41, 5.74) is 4.23. The summed E-state index contributed by atoms with van der Waals surface area (Å²) in [6, 6.07) is 16.0. The van der Waals surface area contributed by atoms with E-state index in [9.17, 15) is 10.0 Å². The lowest BCUT2D eigenvalue weighted by molar-refractivity contribution is -0.905. The second-order valence-electron chi connectivity index (χ2n) is 9.17. The average Bonchev–Trinajstić information content (AvgIpc) is 3.27. The number of hydrogen-bond acceptors (Lipinski definition) is 3. The van der Waals surface area contributed by atoms with E-state index in [1.54, 1.807) is 23.5 Å². The maximum absolute atomic E-state index is 12.8. The molecule has 1 unspecified atom stereocenters. The average molecular weight is 431 g/mol. The molecule has 1 aliphatic rings. The summed E-state index contributed by atoms with van der Waals surface area (Å²) in [4.78, 5) is 18.6. The van der Waals surface area contributed by atoms with Crippen LogP contribution in [0.1, 0.15) is 59.2 Å². The molecular weight excluding hydrogens is 398 g/mol. The lowest BCUT2D eigenvalue weighted by Gasteiger charge is -2.19. The quantitative estimate of drug-likeness (QED) is 0.439. The van der Waals surface area contributed by atoms with Gasteiger partial charge in [-0.15, -0.1) is 0 Å². The first kappa shape index (κ1) is 22.0. The number of rotatable bonds is 7. The van der Waals surface area contributed by atoms with Crippen LogP contribution in [0.25, 0.3) is 0 Å². The Morgan fingerprint density at radius 1 is 1.16 bits per heavy atom. The van der Waals surface area contributed by atoms with Crippen LogP contribution in [0.3, 0.4) is 0 Å². The van der Waals surface area contributed by atoms with Gasteiger partial charge in [-0.2, -0.15) is 0 Å². The Morgan fingerprint density at radius 2 is 1.97 bits per heavy atom. The summed E-state index contributed by atoms with van der Waals surface area (Å²) in [6.45, 7) is 2.82. The molecule has 3 atom stereocenters. The van der Waals surface area contributed by atoms with E-state index in [4.69, 9.17) is 0 Å². The van der Waals surface area contributed by atoms with Gasteiger partial charge in [0.15, 0.2) is 0 Å². The van der Waals surface area contributed by atoms with Crippen LogP contribution in [0.2, 0.25) is 0 Å². The fourth-order valence-electron chi connectivity index (χ4n) is 4.95. The smallest absolute Gasteiger partial charge is 0.253 e. The van der Waals surface area contributed by atoms with Crippen LogP contribution in [0.4, 0.5) is 0 Å². The van der Waals surface area contributed by atoms with Crippen LogP contribution in [0.5, 0.6) is 0 Å². The van der Waals surface area contributed by atoms with Gasteiger partial charge >= 0.3 is 0 Å². The summed E-state index contributed by atoms with van der Waals surface area (Å²) in [5, 5.41) is 9.71. The number of carbonyl (C=O) groups excluding carboxylic acids is 1. The van der Waals surface area contributed by atoms with Crippen LogP contribution in [-0.4, -0.2) is 28.0 Å². The van der Waals surface area contributed by atoms with Gasteiger partial charge in [0, 0.05) is 47.9 Å². The molecule has 1 aliphatic carbocycles. The van der Waals surface area contributed by atoms with E-state index in [1.165, 1.54) is 30.4 Å². The van der Waals surface area contributed by atoms with E-state index in [-0.39, 0.29) is 5.91 Å². The molecule has 1 N–H and O–H groups in total. The molecule has 1 amide bonds. The van der Waals surface area contributed by atoms with Crippen LogP contribution < -0.4 is 4.73 Å². The van der Waals surface area contributed by atoms with Gasteiger partial charge in [-0.05, 0) is 78.8 Å². The highest BCUT2D eigenvalue weighted by Crippen LogP contribution is 2.41. The second kappa shape index (κ2) is 9.94. The number of aromatic nitrogens is 2. The van der Waals surface area contributed by atoms with Crippen molar-refractivity contribution in [1.29, 1.82) is 0 Å². The predicted molar refractivity (Wildman–Crippen MR) is 123 cm³/mol. The van der Waals surface area contributed by atoms with Crippen molar-refractivity contribution in [3.05, 3.63) is 95.6 Å². The monoisotopic (exact) mass is 430 g/mol. The van der Waals surface area contributed by atoms with Gasteiger partial charge in [0.25, 0.3) is 5.91 Å². The van der Waals surface area contributed by atoms with Crippen molar-refractivity contribution in [2.75, 3.05) is 7.05 Å². The zero-order valence-corrected chi connectivity index (χ0v) is 18.9. The van der Waals surface area contributed by atoms with Gasteiger partial charge in [0.1, 0.15) is 0 Å². The molecule has 166 valence electrons. The first-order valence-corrected chi connectivity index (χ1v) is 11.4. The molecule has 0 aliphatic heterocycles. The molecule has 1 saturated carbocycles. The van der Waals surface area contributed by atoms with Crippen molar-refractivity contribution in [3.8, 4) is 0 Å². The molecule has 1 fully saturated rings. The van der Waals surface area contributed by atoms with E-state index in [0.717, 1.165) is 22.3 Å². The molecule has 0 spiro atoms. The zero-order valence-electron chi connectivity index (χ0n) is 18.9. The topological polar surface area (TPSA) is 57.3 Å². The summed E-state index contributed by atoms with van der Waals surface area (Å²) in [5.74, 6) is 1.78. The van der Waals surface area contributed by atoms with Gasteiger partial charge < -0.3 is 4.90 Å². The van der Waals surface area contributed by atoms with Gasteiger partial charge in [0.2, 0.25) is 12.4 Å². The highest BCUT2D eigenvalue weighted by Gasteiger charge is 2.30. The summed E-state index contributed by atoms with van der Waals surface area (Å²) < 4.78 is 1.15. The van der Waals surface area contributed by atoms with E-state index in [1.807, 2.05) is 43.6 Å². The Balaban J connectivity index is 1.31. The third-order valence-corrected chi connectivity index (χ3v) is 6.84. The molecule has 5 heteroatoms. The molecule has 2 heterocycles. The minimum absolute atomic E-state index is 0.0270. The first-order valence-electron chi connectivity index (χ1n) is 11.4. The zero-order chi connectivity index (χ0) is 22.5. The normalized spacial score (nSPS) is 18.9. The van der Waals surface area contributed by atoms with Gasteiger partial charge in [-0.25, -0.2) is 0 Å². The Kier molecular flexibility index (Phi) is 6.84. The Morgan fingerprint density at radius 3 is 2.69 bits per heavy atom. The van der Waals surface area contributed by atoms with Gasteiger partial charge in [-0.3, -0.25) is 15.0 Å². The minimum Gasteiger partial charge on any atom is -0.337 e. The summed E-state index contributed by atoms with van der Waals surface area (Å²) in [7, 11) is 1.83. The SMILES string of the molecule is C[C@H](c1ccc[n+](O)c1)[C@H]1CCC(Cc2ccc(C(=O)N(C)Cc3cccnc3)cc2)C1. The number of amides is 1. The van der Waals surface area contributed by atoms with Gasteiger partial charge in [0.05, 0.1) is 0 Å². The van der Waals surface area contributed by atoms with E-state index in [2.05, 4.69) is 30.1 Å². The number of benzene rings is 1. The number of nitrogens with zero attached hydrogens (tertiary/aromatic N) is 3. The van der Waals surface area contributed by atoms with Crippen molar-refractivity contribution < 1.29 is 14.7 Å². The molecular formula is C27H32N3O2+.